The van der Waals surface area contributed by atoms with Crippen molar-refractivity contribution in [3.05, 3.63) is 54.6 Å². The van der Waals surface area contributed by atoms with Crippen molar-refractivity contribution in [3.8, 4) is 22.3 Å². The summed E-state index contributed by atoms with van der Waals surface area (Å²) >= 11 is 0. The molecule has 0 fully saturated rings. The Labute approximate surface area is 344 Å². The second-order valence-electron chi connectivity index (χ2n) is 14.1. The summed E-state index contributed by atoms with van der Waals surface area (Å²) in [6, 6.07) is 18.1. The lowest BCUT2D eigenvalue weighted by Crippen LogP contribution is -2.50. The van der Waals surface area contributed by atoms with Crippen molar-refractivity contribution >= 4 is 265 Å². The Balaban J connectivity index is 1.56. The Morgan fingerprint density at radius 3 is 1.25 bits per heavy atom. The van der Waals surface area contributed by atoms with Gasteiger partial charge < -0.3 is 4.42 Å². The highest BCUT2D eigenvalue weighted by molar-refractivity contribution is 6.73. The van der Waals surface area contributed by atoms with Crippen molar-refractivity contribution < 1.29 is 4.42 Å². The van der Waals surface area contributed by atoms with Gasteiger partial charge in [-0.15, -0.1) is 32.8 Å². The molecule has 0 saturated carbocycles. The summed E-state index contributed by atoms with van der Waals surface area (Å²) in [5.41, 5.74) is 2.26. The zero-order valence-corrected chi connectivity index (χ0v) is 29.8. The van der Waals surface area contributed by atoms with Gasteiger partial charge in [0.1, 0.15) is 129 Å². The molecule has 30 radical (unpaired) electrons. The minimum Gasteiger partial charge on any atom is -0.457 e. The molecule has 1 heterocycles. The van der Waals surface area contributed by atoms with Crippen molar-refractivity contribution in [2.24, 2.45) is 0 Å². The zero-order chi connectivity index (χ0) is 40.0. The summed E-state index contributed by atoms with van der Waals surface area (Å²) in [5.74, 6) is 0. The van der Waals surface area contributed by atoms with Gasteiger partial charge in [-0.25, -0.2) is 0 Å². The van der Waals surface area contributed by atoms with Crippen LogP contribution in [0, 0.1) is 0 Å². The molecule has 0 aliphatic rings. The quantitative estimate of drug-likeness (QED) is 0.102. The molecule has 0 saturated heterocycles. The number of benzene rings is 8. The second kappa shape index (κ2) is 12.8. The highest BCUT2D eigenvalue weighted by atomic mass is 16.3. The molecule has 0 bridgehead atoms. The maximum atomic E-state index is 7.17. The highest BCUT2D eigenvalue weighted by Gasteiger charge is 2.28. The fourth-order valence-corrected chi connectivity index (χ4v) is 8.32. The third kappa shape index (κ3) is 4.77. The topological polar surface area (TPSA) is 13.1 Å². The molecule has 0 atom stereocenters. The van der Waals surface area contributed by atoms with Crippen molar-refractivity contribution in [2.75, 3.05) is 0 Å². The van der Waals surface area contributed by atoms with Gasteiger partial charge in [0, 0.05) is 10.8 Å². The van der Waals surface area contributed by atoms with Gasteiger partial charge in [-0.05, 0) is 71.4 Å². The van der Waals surface area contributed by atoms with Gasteiger partial charge in [0.05, 0.1) is 0 Å². The molecule has 0 aliphatic carbocycles. The van der Waals surface area contributed by atoms with Gasteiger partial charge >= 0.3 is 0 Å². The van der Waals surface area contributed by atoms with Gasteiger partial charge in [-0.2, -0.15) is 0 Å². The van der Waals surface area contributed by atoms with Crippen LogP contribution in [-0.4, -0.2) is 118 Å². The van der Waals surface area contributed by atoms with Gasteiger partial charge in [0.15, 0.2) is 0 Å². The number of fused-ring (bicyclic) bond motifs is 8. The van der Waals surface area contributed by atoms with E-state index in [2.05, 4.69) is 12.1 Å². The van der Waals surface area contributed by atoms with Gasteiger partial charge in [0.25, 0.3) is 0 Å². The first kappa shape index (κ1) is 37.2. The lowest BCUT2D eigenvalue weighted by Gasteiger charge is -2.30. The van der Waals surface area contributed by atoms with Crippen molar-refractivity contribution in [3.63, 3.8) is 0 Å². The average molecular weight is 668 g/mol. The Hall–Kier alpha value is -4.43. The summed E-state index contributed by atoms with van der Waals surface area (Å²) in [7, 11) is 101. The first-order chi connectivity index (χ1) is 26.6. The SMILES string of the molecule is [B]c1c([B])c([B])c2c(oc3c([B])c([B])c(-c4c5c([B])c([B])c([B])c([B])c5c(-c5ccc6c(ccc7ccccc76)c5)c5c([B])c([B])c([B])c([B])c45)c([B])c32)c1[B]. The van der Waals surface area contributed by atoms with Crippen LogP contribution in [0.2, 0.25) is 0 Å². The van der Waals surface area contributed by atoms with E-state index in [1.807, 2.05) is 42.5 Å². The highest BCUT2D eigenvalue weighted by Crippen LogP contribution is 2.41. The summed E-state index contributed by atoms with van der Waals surface area (Å²) in [6.07, 6.45) is 0. The minimum absolute atomic E-state index is 0.00159. The van der Waals surface area contributed by atoms with E-state index >= 15 is 0 Å². The third-order valence-electron chi connectivity index (χ3n) is 11.2. The molecule has 1 aromatic heterocycles. The Kier molecular flexibility index (Phi) is 8.49. The van der Waals surface area contributed by atoms with Gasteiger partial charge in [-0.3, -0.25) is 0 Å². The normalized spacial score (nSPS) is 11.9. The van der Waals surface area contributed by atoms with Crippen LogP contribution in [0.1, 0.15) is 0 Å². The first-order valence-electron chi connectivity index (χ1n) is 17.2. The van der Waals surface area contributed by atoms with E-state index < -0.39 is 0 Å². The molecule has 56 heavy (non-hydrogen) atoms. The molecule has 9 aromatic rings. The molecule has 9 rings (SSSR count). The summed E-state index contributed by atoms with van der Waals surface area (Å²) in [5, 5.41) is 5.89. The van der Waals surface area contributed by atoms with Crippen LogP contribution in [0.15, 0.2) is 59.0 Å². The maximum Gasteiger partial charge on any atom is 0.127 e. The predicted octanol–water partition coefficient (Wildman–Crippen LogP) is -6.56. The van der Waals surface area contributed by atoms with Crippen LogP contribution >= 0.6 is 0 Å². The molecule has 0 aliphatic heterocycles. The fourth-order valence-electron chi connectivity index (χ4n) is 8.32. The number of furan rings is 1. The van der Waals surface area contributed by atoms with Gasteiger partial charge in [-0.1, -0.05) is 97.7 Å². The summed E-state index contributed by atoms with van der Waals surface area (Å²) < 4.78 is 6.16. The molecule has 220 valence electrons. The van der Waals surface area contributed by atoms with Crippen LogP contribution < -0.4 is 81.9 Å². The zero-order valence-electron chi connectivity index (χ0n) is 29.8. The number of hydrogen-bond donors (Lipinski definition) is 0. The van der Waals surface area contributed by atoms with E-state index in [4.69, 9.17) is 122 Å². The van der Waals surface area contributed by atoms with Crippen molar-refractivity contribution in [1.29, 1.82) is 0 Å². The average Bonchev–Trinajstić information content (AvgIpc) is 3.61. The third-order valence-corrected chi connectivity index (χ3v) is 11.2. The minimum atomic E-state index is -0.0261. The Bertz CT molecular complexity index is 3230. The summed E-state index contributed by atoms with van der Waals surface area (Å²) in [4.78, 5) is 0. The van der Waals surface area contributed by atoms with E-state index in [0.717, 1.165) is 21.5 Å². The van der Waals surface area contributed by atoms with E-state index in [1.54, 1.807) is 0 Å². The largest absolute Gasteiger partial charge is 0.457 e. The van der Waals surface area contributed by atoms with E-state index in [9.17, 15) is 0 Å². The smallest absolute Gasteiger partial charge is 0.127 e. The molecule has 0 unspecified atom stereocenters. The second-order valence-corrected chi connectivity index (χ2v) is 14.1. The van der Waals surface area contributed by atoms with Crippen LogP contribution in [-0.2, 0) is 0 Å². The molecule has 1 nitrogen and oxygen atoms in total. The molecule has 0 N–H and O–H groups in total. The van der Waals surface area contributed by atoms with Crippen molar-refractivity contribution in [2.45, 2.75) is 0 Å². The van der Waals surface area contributed by atoms with Gasteiger partial charge in [0.2, 0.25) is 0 Å². The summed E-state index contributed by atoms with van der Waals surface area (Å²) in [6.45, 7) is 0. The molecular weight excluding hydrogens is 659 g/mol. The molecule has 8 aromatic carbocycles. The number of hydrogen-bond acceptors (Lipinski definition) is 1. The lowest BCUT2D eigenvalue weighted by molar-refractivity contribution is 0.675. The van der Waals surface area contributed by atoms with Crippen LogP contribution in [0.4, 0.5) is 0 Å². The Morgan fingerprint density at radius 1 is 0.286 bits per heavy atom. The predicted molar refractivity (Wildman–Crippen MR) is 255 cm³/mol. The van der Waals surface area contributed by atoms with Crippen molar-refractivity contribution in [1.82, 2.24) is 0 Å². The van der Waals surface area contributed by atoms with Crippen LogP contribution in [0.3, 0.4) is 0 Å². The Morgan fingerprint density at radius 2 is 0.696 bits per heavy atom. The van der Waals surface area contributed by atoms with E-state index in [-0.39, 0.29) is 126 Å². The first-order valence-corrected chi connectivity index (χ1v) is 17.2. The molecule has 0 spiro atoms. The van der Waals surface area contributed by atoms with E-state index in [1.165, 1.54) is 0 Å². The maximum absolute atomic E-state index is 7.17. The number of rotatable bonds is 2. The van der Waals surface area contributed by atoms with E-state index in [0.29, 0.717) is 21.9 Å². The molecular formula is C40H9B15O. The van der Waals surface area contributed by atoms with Crippen LogP contribution in [0.25, 0.3) is 87.3 Å². The fraction of sp³-hybridized carbons (Fsp3) is 0. The standard InChI is InChI=1S/C40H9B15O/c41-24-21(29(46)37(54)39-22(24)23-30(47)35(52)36(53)38(55)40(23)56-39)16-19-17(25(42)31(48)33(50)27(19)44)15(18-20(16)28(45)34(51)32(49)26(18)43)12-7-8-14-11(9-12)6-5-10-3-1-2-4-13(10)14/h1-9H. The molecule has 0 amide bonds. The monoisotopic (exact) mass is 670 g/mol. The molecule has 16 heteroatoms. The lowest BCUT2D eigenvalue weighted by atomic mass is 9.58. The van der Waals surface area contributed by atoms with Crippen LogP contribution in [0.5, 0.6) is 0 Å².